The lowest BCUT2D eigenvalue weighted by Crippen LogP contribution is -2.01. The number of halogens is 2. The molecule has 0 fully saturated rings. The van der Waals surface area contributed by atoms with Gasteiger partial charge >= 0.3 is 0 Å². The third-order valence-electron chi connectivity index (χ3n) is 2.68. The first-order chi connectivity index (χ1) is 9.10. The fourth-order valence-electron chi connectivity index (χ4n) is 1.65. The van der Waals surface area contributed by atoms with Crippen LogP contribution in [0.3, 0.4) is 0 Å². The van der Waals surface area contributed by atoms with Gasteiger partial charge in [-0.05, 0) is 46.3 Å². The quantitative estimate of drug-likeness (QED) is 0.863. The molecule has 19 heavy (non-hydrogen) atoms. The van der Waals surface area contributed by atoms with E-state index in [0.717, 1.165) is 21.5 Å². The van der Waals surface area contributed by atoms with Gasteiger partial charge in [0.15, 0.2) is 0 Å². The van der Waals surface area contributed by atoms with Crippen LogP contribution in [0.2, 0.25) is 5.02 Å². The maximum Gasteiger partial charge on any atom is 0.121 e. The molecule has 0 aliphatic carbocycles. The minimum absolute atomic E-state index is 0.218. The predicted molar refractivity (Wildman–Crippen MR) is 81.1 cm³/mol. The molecule has 5 heteroatoms. The van der Waals surface area contributed by atoms with Crippen molar-refractivity contribution >= 4 is 33.2 Å². The summed E-state index contributed by atoms with van der Waals surface area (Å²) in [6.45, 7) is 0.470. The highest BCUT2D eigenvalue weighted by molar-refractivity contribution is 9.10. The highest BCUT2D eigenvalue weighted by Gasteiger charge is 2.05. The van der Waals surface area contributed by atoms with Gasteiger partial charge in [-0.1, -0.05) is 11.6 Å². The van der Waals surface area contributed by atoms with Gasteiger partial charge in [-0.2, -0.15) is 0 Å². The Kier molecular flexibility index (Phi) is 4.56. The van der Waals surface area contributed by atoms with Crippen molar-refractivity contribution in [2.24, 2.45) is 0 Å². The number of phenolic OH excluding ortho intramolecular Hbond substituents is 1. The lowest BCUT2D eigenvalue weighted by Gasteiger charge is -2.11. The minimum Gasteiger partial charge on any atom is -0.508 e. The summed E-state index contributed by atoms with van der Waals surface area (Å²) >= 11 is 9.37. The fraction of sp³-hybridized carbons (Fsp3) is 0.143. The van der Waals surface area contributed by atoms with Crippen LogP contribution in [0.15, 0.2) is 40.9 Å². The highest BCUT2D eigenvalue weighted by Crippen LogP contribution is 2.29. The third kappa shape index (κ3) is 3.55. The molecular formula is C14H13BrClNO2. The number of hydrogen-bond acceptors (Lipinski definition) is 3. The van der Waals surface area contributed by atoms with Gasteiger partial charge in [0.2, 0.25) is 0 Å². The van der Waals surface area contributed by atoms with Crippen LogP contribution < -0.4 is 10.1 Å². The topological polar surface area (TPSA) is 41.5 Å². The van der Waals surface area contributed by atoms with Crippen LogP contribution in [0, 0.1) is 0 Å². The van der Waals surface area contributed by atoms with Gasteiger partial charge < -0.3 is 15.2 Å². The molecule has 0 amide bonds. The maximum absolute atomic E-state index is 9.75. The smallest absolute Gasteiger partial charge is 0.121 e. The van der Waals surface area contributed by atoms with Gasteiger partial charge in [-0.15, -0.1) is 0 Å². The molecule has 0 aliphatic heterocycles. The van der Waals surface area contributed by atoms with Crippen molar-refractivity contribution in [2.75, 3.05) is 12.4 Å². The van der Waals surface area contributed by atoms with Crippen LogP contribution in [-0.4, -0.2) is 12.2 Å². The van der Waals surface area contributed by atoms with E-state index in [-0.39, 0.29) is 5.75 Å². The molecule has 0 aliphatic rings. The second-order valence-electron chi connectivity index (χ2n) is 3.97. The van der Waals surface area contributed by atoms with Crippen molar-refractivity contribution in [1.29, 1.82) is 0 Å². The number of anilines is 1. The largest absolute Gasteiger partial charge is 0.508 e. The molecule has 0 bridgehead atoms. The molecule has 0 saturated heterocycles. The summed E-state index contributed by atoms with van der Waals surface area (Å²) in [5, 5.41) is 13.6. The first-order valence-corrected chi connectivity index (χ1v) is 6.82. The number of phenols is 1. The zero-order valence-corrected chi connectivity index (χ0v) is 12.6. The van der Waals surface area contributed by atoms with Gasteiger partial charge in [-0.25, -0.2) is 0 Å². The second-order valence-corrected chi connectivity index (χ2v) is 5.26. The molecule has 2 aromatic rings. The first kappa shape index (κ1) is 14.0. The summed E-state index contributed by atoms with van der Waals surface area (Å²) in [5.41, 5.74) is 1.63. The lowest BCUT2D eigenvalue weighted by atomic mass is 10.2. The summed E-state index contributed by atoms with van der Waals surface area (Å²) in [4.78, 5) is 0. The van der Waals surface area contributed by atoms with Gasteiger partial charge in [0.25, 0.3) is 0 Å². The molecule has 3 nitrogen and oxygen atoms in total. The fourth-order valence-corrected chi connectivity index (χ4v) is 2.23. The van der Waals surface area contributed by atoms with Crippen molar-refractivity contribution in [3.05, 3.63) is 51.5 Å². The first-order valence-electron chi connectivity index (χ1n) is 5.65. The van der Waals surface area contributed by atoms with E-state index in [0.29, 0.717) is 11.6 Å². The molecule has 0 unspecified atom stereocenters. The summed E-state index contributed by atoms with van der Waals surface area (Å²) in [7, 11) is 1.62. The molecule has 2 N–H and O–H groups in total. The number of hydrogen-bond donors (Lipinski definition) is 2. The Morgan fingerprint density at radius 1 is 1.26 bits per heavy atom. The Labute approximate surface area is 125 Å². The van der Waals surface area contributed by atoms with E-state index in [4.69, 9.17) is 16.3 Å². The number of nitrogens with one attached hydrogen (secondary N) is 1. The third-order valence-corrected chi connectivity index (χ3v) is 3.61. The van der Waals surface area contributed by atoms with Gasteiger partial charge in [0.1, 0.15) is 11.5 Å². The molecule has 0 radical (unpaired) electrons. The maximum atomic E-state index is 9.75. The monoisotopic (exact) mass is 341 g/mol. The van der Waals surface area contributed by atoms with E-state index in [2.05, 4.69) is 21.2 Å². The summed E-state index contributed by atoms with van der Waals surface area (Å²) in [6, 6.07) is 10.6. The molecule has 100 valence electrons. The normalized spacial score (nSPS) is 10.3. The van der Waals surface area contributed by atoms with Crippen LogP contribution in [0.4, 0.5) is 5.69 Å². The van der Waals surface area contributed by atoms with E-state index < -0.39 is 0 Å². The summed E-state index contributed by atoms with van der Waals surface area (Å²) in [6.07, 6.45) is 0. The molecule has 0 atom stereocenters. The van der Waals surface area contributed by atoms with Gasteiger partial charge in [0.05, 0.1) is 12.8 Å². The van der Waals surface area contributed by atoms with Crippen LogP contribution in [-0.2, 0) is 6.54 Å². The molecule has 0 heterocycles. The SMILES string of the molecule is COc1ccc(Br)c(NCc2cc(Cl)ccc2O)c1. The van der Waals surface area contributed by atoms with Crippen molar-refractivity contribution in [3.8, 4) is 11.5 Å². The van der Waals surface area contributed by atoms with Crippen molar-refractivity contribution in [1.82, 2.24) is 0 Å². The van der Waals surface area contributed by atoms with Crippen molar-refractivity contribution in [3.63, 3.8) is 0 Å². The zero-order valence-electron chi connectivity index (χ0n) is 10.3. The number of aromatic hydroxyl groups is 1. The summed E-state index contributed by atoms with van der Waals surface area (Å²) < 4.78 is 6.10. The highest BCUT2D eigenvalue weighted by atomic mass is 79.9. The van der Waals surface area contributed by atoms with Crippen molar-refractivity contribution in [2.45, 2.75) is 6.54 Å². The molecule has 2 aromatic carbocycles. The van der Waals surface area contributed by atoms with Gasteiger partial charge in [-0.3, -0.25) is 0 Å². The predicted octanol–water partition coefficient (Wildman–Crippen LogP) is 4.43. The van der Waals surface area contributed by atoms with E-state index in [9.17, 15) is 5.11 Å². The standard InChI is InChI=1S/C14H13BrClNO2/c1-19-11-3-4-12(15)13(7-11)17-8-9-6-10(16)2-5-14(9)18/h2-7,17-18H,8H2,1H3. The second kappa shape index (κ2) is 6.17. The van der Waals surface area contributed by atoms with E-state index in [1.165, 1.54) is 0 Å². The average molecular weight is 343 g/mol. The van der Waals surface area contributed by atoms with E-state index in [1.54, 1.807) is 25.3 Å². The lowest BCUT2D eigenvalue weighted by molar-refractivity contribution is 0.415. The van der Waals surface area contributed by atoms with Gasteiger partial charge in [0, 0.05) is 27.7 Å². The Morgan fingerprint density at radius 2 is 2.05 bits per heavy atom. The number of benzene rings is 2. The molecule has 0 spiro atoms. The molecule has 0 saturated carbocycles. The molecular weight excluding hydrogens is 330 g/mol. The summed E-state index contributed by atoms with van der Waals surface area (Å²) in [5.74, 6) is 0.983. The molecule has 2 rings (SSSR count). The van der Waals surface area contributed by atoms with Crippen molar-refractivity contribution < 1.29 is 9.84 Å². The number of methoxy groups -OCH3 is 1. The minimum atomic E-state index is 0.218. The van der Waals surface area contributed by atoms with E-state index in [1.807, 2.05) is 18.2 Å². The van der Waals surface area contributed by atoms with E-state index >= 15 is 0 Å². The Bertz CT molecular complexity index is 590. The Morgan fingerprint density at radius 3 is 2.79 bits per heavy atom. The van der Waals surface area contributed by atoms with Crippen LogP contribution in [0.25, 0.3) is 0 Å². The Hall–Kier alpha value is -1.39. The number of rotatable bonds is 4. The van der Waals surface area contributed by atoms with Crippen LogP contribution in [0.1, 0.15) is 5.56 Å². The number of ether oxygens (including phenoxy) is 1. The molecule has 0 aromatic heterocycles. The van der Waals surface area contributed by atoms with Crippen LogP contribution >= 0.6 is 27.5 Å². The Balaban J connectivity index is 2.16. The van der Waals surface area contributed by atoms with Crippen LogP contribution in [0.5, 0.6) is 11.5 Å². The zero-order chi connectivity index (χ0) is 13.8. The average Bonchev–Trinajstić information content (AvgIpc) is 2.41.